The molecule has 0 aliphatic carbocycles. The van der Waals surface area contributed by atoms with Crippen LogP contribution in [0.3, 0.4) is 0 Å². The van der Waals surface area contributed by atoms with Gasteiger partial charge in [-0.3, -0.25) is 14.3 Å². The minimum absolute atomic E-state index is 0.129. The number of carbonyl (C=O) groups is 2. The van der Waals surface area contributed by atoms with E-state index in [4.69, 9.17) is 4.74 Å². The van der Waals surface area contributed by atoms with Crippen molar-refractivity contribution in [1.82, 2.24) is 14.7 Å². The Morgan fingerprint density at radius 1 is 1.19 bits per heavy atom. The van der Waals surface area contributed by atoms with E-state index in [0.29, 0.717) is 23.7 Å². The molecule has 2 heterocycles. The van der Waals surface area contributed by atoms with E-state index >= 15 is 0 Å². The number of benzene rings is 2. The van der Waals surface area contributed by atoms with E-state index < -0.39 is 5.92 Å². The molecule has 1 aromatic heterocycles. The maximum atomic E-state index is 13.2. The summed E-state index contributed by atoms with van der Waals surface area (Å²) in [5, 5.41) is 7.37. The number of hydrogen-bond donors (Lipinski definition) is 1. The third kappa shape index (κ3) is 4.42. The van der Waals surface area contributed by atoms with Crippen molar-refractivity contribution < 1.29 is 18.7 Å². The molecule has 3 aromatic rings. The normalized spacial score (nSPS) is 15.3. The van der Waals surface area contributed by atoms with Crippen LogP contribution in [0.25, 0.3) is 0 Å². The maximum Gasteiger partial charge on any atom is 0.235 e. The zero-order valence-electron chi connectivity index (χ0n) is 17.3. The van der Waals surface area contributed by atoms with Crippen LogP contribution in [0, 0.1) is 5.82 Å². The Morgan fingerprint density at radius 2 is 1.94 bits per heavy atom. The van der Waals surface area contributed by atoms with Crippen molar-refractivity contribution in [2.45, 2.75) is 18.9 Å². The van der Waals surface area contributed by atoms with Gasteiger partial charge in [0.25, 0.3) is 0 Å². The molecule has 8 heteroatoms. The largest absolute Gasteiger partial charge is 0.495 e. The Morgan fingerprint density at radius 3 is 2.68 bits per heavy atom. The van der Waals surface area contributed by atoms with Crippen molar-refractivity contribution in [3.63, 3.8) is 0 Å². The van der Waals surface area contributed by atoms with E-state index in [-0.39, 0.29) is 30.6 Å². The zero-order valence-corrected chi connectivity index (χ0v) is 17.3. The van der Waals surface area contributed by atoms with Gasteiger partial charge in [0.2, 0.25) is 11.8 Å². The molecular formula is C23H23FN4O3. The summed E-state index contributed by atoms with van der Waals surface area (Å²) < 4.78 is 20.1. The lowest BCUT2D eigenvalue weighted by Gasteiger charge is -2.31. The number of nitrogens with one attached hydrogen (secondary N) is 1. The summed E-state index contributed by atoms with van der Waals surface area (Å²) in [7, 11) is 3.33. The molecule has 0 saturated carbocycles. The van der Waals surface area contributed by atoms with Crippen LogP contribution >= 0.6 is 0 Å². The summed E-state index contributed by atoms with van der Waals surface area (Å²) in [4.78, 5) is 27.8. The molecule has 1 aliphatic rings. The third-order valence-electron chi connectivity index (χ3n) is 5.33. The SMILES string of the molecule is COc1ccccc1NC(=O)[C@@H]1CN(C(=O)Cc2ccc(F)cc2)Cc2cn(C)nc21. The quantitative estimate of drug-likeness (QED) is 0.686. The van der Waals surface area contributed by atoms with Gasteiger partial charge in [-0.05, 0) is 29.8 Å². The van der Waals surface area contributed by atoms with Crippen LogP contribution in [0.4, 0.5) is 10.1 Å². The summed E-state index contributed by atoms with van der Waals surface area (Å²) in [5.74, 6) is -0.800. The fraction of sp³-hybridized carbons (Fsp3) is 0.261. The number of ether oxygens (including phenoxy) is 1. The van der Waals surface area contributed by atoms with Crippen molar-refractivity contribution in [1.29, 1.82) is 0 Å². The maximum absolute atomic E-state index is 13.2. The highest BCUT2D eigenvalue weighted by molar-refractivity contribution is 5.97. The lowest BCUT2D eigenvalue weighted by atomic mass is 9.95. The molecule has 0 bridgehead atoms. The second kappa shape index (κ2) is 8.59. The molecular weight excluding hydrogens is 399 g/mol. The Labute approximate surface area is 179 Å². The molecule has 0 spiro atoms. The van der Waals surface area contributed by atoms with Gasteiger partial charge < -0.3 is 15.0 Å². The van der Waals surface area contributed by atoms with Gasteiger partial charge in [0, 0.05) is 31.9 Å². The van der Waals surface area contributed by atoms with Crippen LogP contribution in [-0.4, -0.2) is 40.1 Å². The first-order valence-electron chi connectivity index (χ1n) is 9.93. The molecule has 160 valence electrons. The number of hydrogen-bond acceptors (Lipinski definition) is 4. The van der Waals surface area contributed by atoms with Gasteiger partial charge in [-0.1, -0.05) is 24.3 Å². The van der Waals surface area contributed by atoms with Gasteiger partial charge in [-0.25, -0.2) is 4.39 Å². The molecule has 0 saturated heterocycles. The van der Waals surface area contributed by atoms with Crippen LogP contribution in [0.1, 0.15) is 22.7 Å². The monoisotopic (exact) mass is 422 g/mol. The number of methoxy groups -OCH3 is 1. The van der Waals surface area contributed by atoms with Gasteiger partial charge in [-0.15, -0.1) is 0 Å². The number of carbonyl (C=O) groups excluding carboxylic acids is 2. The predicted molar refractivity (Wildman–Crippen MR) is 113 cm³/mol. The highest BCUT2D eigenvalue weighted by atomic mass is 19.1. The van der Waals surface area contributed by atoms with Crippen molar-refractivity contribution in [3.05, 3.63) is 77.4 Å². The fourth-order valence-electron chi connectivity index (χ4n) is 3.80. The van der Waals surface area contributed by atoms with E-state index in [1.165, 1.54) is 19.2 Å². The Bertz CT molecular complexity index is 1110. The molecule has 0 unspecified atom stereocenters. The van der Waals surface area contributed by atoms with E-state index in [9.17, 15) is 14.0 Å². The summed E-state index contributed by atoms with van der Waals surface area (Å²) in [5.41, 5.74) is 2.78. The van der Waals surface area contributed by atoms with E-state index in [2.05, 4.69) is 10.4 Å². The summed E-state index contributed by atoms with van der Waals surface area (Å²) in [6.07, 6.45) is 1.97. The van der Waals surface area contributed by atoms with Gasteiger partial charge >= 0.3 is 0 Å². The number of aromatic nitrogens is 2. The van der Waals surface area contributed by atoms with Gasteiger partial charge in [-0.2, -0.15) is 5.10 Å². The number of amides is 2. The Kier molecular flexibility index (Phi) is 5.70. The van der Waals surface area contributed by atoms with Crippen molar-refractivity contribution in [3.8, 4) is 5.75 Å². The Hall–Kier alpha value is -3.68. The smallest absolute Gasteiger partial charge is 0.235 e. The van der Waals surface area contributed by atoms with Crippen LogP contribution in [-0.2, 0) is 29.6 Å². The zero-order chi connectivity index (χ0) is 22.0. The summed E-state index contributed by atoms with van der Waals surface area (Å²) in [6, 6.07) is 13.0. The first-order chi connectivity index (χ1) is 14.9. The van der Waals surface area contributed by atoms with Crippen LogP contribution in [0.15, 0.2) is 54.7 Å². The molecule has 1 atom stereocenters. The predicted octanol–water partition coefficient (Wildman–Crippen LogP) is 2.88. The average Bonchev–Trinajstić information content (AvgIpc) is 3.15. The number of para-hydroxylation sites is 2. The standard InChI is InChI=1S/C23H23FN4O3/c1-27-12-16-13-28(21(29)11-15-7-9-17(24)10-8-15)14-18(22(16)26-27)23(30)25-19-5-3-4-6-20(19)31-2/h3-10,12,18H,11,13-14H2,1-2H3,(H,25,30)/t18-/m1/s1. The fourth-order valence-corrected chi connectivity index (χ4v) is 3.80. The molecule has 0 radical (unpaired) electrons. The molecule has 7 nitrogen and oxygen atoms in total. The molecule has 2 amide bonds. The van der Waals surface area contributed by atoms with Crippen molar-refractivity contribution >= 4 is 17.5 Å². The van der Waals surface area contributed by atoms with Crippen LogP contribution in [0.5, 0.6) is 5.75 Å². The Balaban J connectivity index is 1.56. The van der Waals surface area contributed by atoms with E-state index in [0.717, 1.165) is 11.1 Å². The highest BCUT2D eigenvalue weighted by Gasteiger charge is 2.35. The lowest BCUT2D eigenvalue weighted by molar-refractivity contribution is -0.132. The topological polar surface area (TPSA) is 76.5 Å². The first kappa shape index (κ1) is 20.6. The second-order valence-electron chi connectivity index (χ2n) is 7.53. The van der Waals surface area contributed by atoms with Gasteiger partial charge in [0.15, 0.2) is 0 Å². The molecule has 4 rings (SSSR count). The molecule has 1 aliphatic heterocycles. The van der Waals surface area contributed by atoms with Crippen molar-refractivity contribution in [2.75, 3.05) is 19.0 Å². The first-order valence-corrected chi connectivity index (χ1v) is 9.93. The average molecular weight is 422 g/mol. The number of fused-ring (bicyclic) bond motifs is 1. The van der Waals surface area contributed by atoms with Gasteiger partial charge in [0.05, 0.1) is 24.9 Å². The minimum atomic E-state index is -0.618. The van der Waals surface area contributed by atoms with E-state index in [1.807, 2.05) is 18.3 Å². The molecule has 0 fully saturated rings. The van der Waals surface area contributed by atoms with Gasteiger partial charge in [0.1, 0.15) is 17.5 Å². The summed E-state index contributed by atoms with van der Waals surface area (Å²) >= 11 is 0. The van der Waals surface area contributed by atoms with Crippen LogP contribution in [0.2, 0.25) is 0 Å². The van der Waals surface area contributed by atoms with E-state index in [1.54, 1.807) is 40.9 Å². The molecule has 31 heavy (non-hydrogen) atoms. The van der Waals surface area contributed by atoms with Crippen LogP contribution < -0.4 is 10.1 Å². The third-order valence-corrected chi connectivity index (χ3v) is 5.33. The second-order valence-corrected chi connectivity index (χ2v) is 7.53. The number of anilines is 1. The van der Waals surface area contributed by atoms with Crippen molar-refractivity contribution in [2.24, 2.45) is 7.05 Å². The minimum Gasteiger partial charge on any atom is -0.495 e. The number of aryl methyl sites for hydroxylation is 1. The number of halogens is 1. The number of rotatable bonds is 5. The number of nitrogens with zero attached hydrogens (tertiary/aromatic N) is 3. The highest BCUT2D eigenvalue weighted by Crippen LogP contribution is 2.30. The summed E-state index contributed by atoms with van der Waals surface area (Å²) in [6.45, 7) is 0.590. The molecule has 2 aromatic carbocycles. The lowest BCUT2D eigenvalue weighted by Crippen LogP contribution is -2.42. The molecule has 1 N–H and O–H groups in total.